The van der Waals surface area contributed by atoms with E-state index in [1.807, 2.05) is 13.8 Å². The van der Waals surface area contributed by atoms with Gasteiger partial charge in [0.1, 0.15) is 4.90 Å². The van der Waals surface area contributed by atoms with Crippen LogP contribution >= 0.6 is 0 Å². The van der Waals surface area contributed by atoms with E-state index in [0.717, 1.165) is 12.8 Å². The minimum absolute atomic E-state index is 0.283. The summed E-state index contributed by atoms with van der Waals surface area (Å²) in [6.07, 6.45) is 3.23. The second kappa shape index (κ2) is 5.45. The lowest BCUT2D eigenvalue weighted by Crippen LogP contribution is -2.25. The number of sulfonamides is 1. The quantitative estimate of drug-likeness (QED) is 0.768. The molecule has 0 aromatic carbocycles. The topological polar surface area (TPSA) is 64.0 Å². The van der Waals surface area contributed by atoms with Crippen molar-refractivity contribution in [1.82, 2.24) is 14.5 Å². The maximum atomic E-state index is 11.9. The van der Waals surface area contributed by atoms with Gasteiger partial charge in [-0.25, -0.2) is 13.1 Å². The molecule has 92 valence electrons. The molecular weight excluding hydrogens is 226 g/mol. The summed E-state index contributed by atoms with van der Waals surface area (Å²) >= 11 is 0. The molecular formula is C10H19N3O2S. The van der Waals surface area contributed by atoms with Gasteiger partial charge < -0.3 is 0 Å². The average molecular weight is 245 g/mol. The third kappa shape index (κ3) is 2.82. The smallest absolute Gasteiger partial charge is 0.243 e. The number of hydrogen-bond acceptors (Lipinski definition) is 3. The molecule has 1 N–H and O–H groups in total. The summed E-state index contributed by atoms with van der Waals surface area (Å²) in [5.74, 6) is 0. The Bertz CT molecular complexity index is 437. The highest BCUT2D eigenvalue weighted by Gasteiger charge is 2.19. The molecule has 0 amide bonds. The van der Waals surface area contributed by atoms with Crippen LogP contribution in [0, 0.1) is 6.92 Å². The number of aryl methyl sites for hydroxylation is 1. The fourth-order valence-electron chi connectivity index (χ4n) is 1.47. The molecule has 0 fully saturated rings. The zero-order valence-corrected chi connectivity index (χ0v) is 10.8. The Morgan fingerprint density at radius 3 is 2.62 bits per heavy atom. The van der Waals surface area contributed by atoms with Crippen molar-refractivity contribution < 1.29 is 8.42 Å². The monoisotopic (exact) mass is 245 g/mol. The normalized spacial score (nSPS) is 11.9. The van der Waals surface area contributed by atoms with E-state index in [2.05, 4.69) is 9.82 Å². The van der Waals surface area contributed by atoms with Crippen LogP contribution in [0.4, 0.5) is 0 Å². The predicted octanol–water partition coefficient (Wildman–Crippen LogP) is 1.29. The first-order valence-corrected chi connectivity index (χ1v) is 7.03. The van der Waals surface area contributed by atoms with Gasteiger partial charge in [-0.15, -0.1) is 0 Å². The van der Waals surface area contributed by atoms with Gasteiger partial charge >= 0.3 is 0 Å². The van der Waals surface area contributed by atoms with Gasteiger partial charge in [0.05, 0.1) is 11.9 Å². The van der Waals surface area contributed by atoms with E-state index < -0.39 is 10.0 Å². The van der Waals surface area contributed by atoms with Crippen LogP contribution in [0.5, 0.6) is 0 Å². The van der Waals surface area contributed by atoms with Crippen molar-refractivity contribution in [2.75, 3.05) is 6.54 Å². The third-order valence-electron chi connectivity index (χ3n) is 2.47. The van der Waals surface area contributed by atoms with E-state index >= 15 is 0 Å². The maximum Gasteiger partial charge on any atom is 0.243 e. The van der Waals surface area contributed by atoms with E-state index in [1.165, 1.54) is 6.20 Å². The molecule has 5 nitrogen and oxygen atoms in total. The standard InChI is InChI=1S/C10H19N3O2S/c1-4-6-7-12-16(14,15)10-8-11-13(5-2)9(10)3/h8,12H,4-7H2,1-3H3. The Balaban J connectivity index is 2.86. The summed E-state index contributed by atoms with van der Waals surface area (Å²) in [6.45, 7) is 6.88. The maximum absolute atomic E-state index is 11.9. The SMILES string of the molecule is CCCCNS(=O)(=O)c1cnn(CC)c1C. The highest BCUT2D eigenvalue weighted by atomic mass is 32.2. The number of aromatic nitrogens is 2. The molecule has 6 heteroatoms. The van der Waals surface area contributed by atoms with Gasteiger partial charge in [0, 0.05) is 13.1 Å². The van der Waals surface area contributed by atoms with Crippen LogP contribution in [0.3, 0.4) is 0 Å². The first kappa shape index (κ1) is 13.2. The number of rotatable bonds is 6. The molecule has 0 aliphatic rings. The molecule has 1 aromatic heterocycles. The summed E-state index contributed by atoms with van der Waals surface area (Å²) < 4.78 is 28.0. The van der Waals surface area contributed by atoms with Crippen molar-refractivity contribution in [3.05, 3.63) is 11.9 Å². The Morgan fingerprint density at radius 1 is 1.44 bits per heavy atom. The van der Waals surface area contributed by atoms with E-state index in [1.54, 1.807) is 11.6 Å². The lowest BCUT2D eigenvalue weighted by molar-refractivity contribution is 0.576. The highest BCUT2D eigenvalue weighted by molar-refractivity contribution is 7.89. The van der Waals surface area contributed by atoms with Crippen molar-refractivity contribution >= 4 is 10.0 Å². The fraction of sp³-hybridized carbons (Fsp3) is 0.700. The van der Waals surface area contributed by atoms with E-state index in [4.69, 9.17) is 0 Å². The minimum Gasteiger partial charge on any atom is -0.269 e. The Hall–Kier alpha value is -0.880. The molecule has 0 saturated carbocycles. The zero-order chi connectivity index (χ0) is 12.2. The van der Waals surface area contributed by atoms with Gasteiger partial charge in [-0.2, -0.15) is 5.10 Å². The van der Waals surface area contributed by atoms with Gasteiger partial charge in [-0.05, 0) is 20.3 Å². The van der Waals surface area contributed by atoms with Gasteiger partial charge in [-0.1, -0.05) is 13.3 Å². The van der Waals surface area contributed by atoms with E-state index in [-0.39, 0.29) is 4.90 Å². The molecule has 0 unspecified atom stereocenters. The summed E-state index contributed by atoms with van der Waals surface area (Å²) in [5.41, 5.74) is 0.687. The zero-order valence-electron chi connectivity index (χ0n) is 10.0. The number of nitrogens with zero attached hydrogens (tertiary/aromatic N) is 2. The largest absolute Gasteiger partial charge is 0.269 e. The van der Waals surface area contributed by atoms with Crippen LogP contribution in [0.25, 0.3) is 0 Å². The van der Waals surface area contributed by atoms with Gasteiger partial charge in [0.25, 0.3) is 0 Å². The Labute approximate surface area is 96.9 Å². The number of hydrogen-bond donors (Lipinski definition) is 1. The molecule has 0 aliphatic carbocycles. The van der Waals surface area contributed by atoms with Crippen LogP contribution in [0.1, 0.15) is 32.4 Å². The van der Waals surface area contributed by atoms with Crippen LogP contribution < -0.4 is 4.72 Å². The average Bonchev–Trinajstić information content (AvgIpc) is 2.60. The van der Waals surface area contributed by atoms with Crippen LogP contribution in [0.2, 0.25) is 0 Å². The molecule has 16 heavy (non-hydrogen) atoms. The Kier molecular flexibility index (Phi) is 4.49. The first-order chi connectivity index (χ1) is 7.53. The highest BCUT2D eigenvalue weighted by Crippen LogP contribution is 2.13. The van der Waals surface area contributed by atoms with Gasteiger partial charge in [0.2, 0.25) is 10.0 Å². The molecule has 1 heterocycles. The van der Waals surface area contributed by atoms with Crippen molar-refractivity contribution in [1.29, 1.82) is 0 Å². The third-order valence-corrected chi connectivity index (χ3v) is 4.03. The molecule has 0 saturated heterocycles. The van der Waals surface area contributed by atoms with Crippen LogP contribution in [0.15, 0.2) is 11.1 Å². The molecule has 0 radical (unpaired) electrons. The lowest BCUT2D eigenvalue weighted by Gasteiger charge is -2.05. The van der Waals surface area contributed by atoms with Crippen LogP contribution in [-0.2, 0) is 16.6 Å². The summed E-state index contributed by atoms with van der Waals surface area (Å²) in [5, 5.41) is 4.03. The fourth-order valence-corrected chi connectivity index (χ4v) is 2.72. The van der Waals surface area contributed by atoms with Crippen molar-refractivity contribution in [2.24, 2.45) is 0 Å². The second-order valence-electron chi connectivity index (χ2n) is 3.66. The van der Waals surface area contributed by atoms with Gasteiger partial charge in [0.15, 0.2) is 0 Å². The second-order valence-corrected chi connectivity index (χ2v) is 5.40. The minimum atomic E-state index is -3.39. The summed E-state index contributed by atoms with van der Waals surface area (Å²) in [7, 11) is -3.39. The number of nitrogens with one attached hydrogen (secondary N) is 1. The molecule has 0 atom stereocenters. The Morgan fingerprint density at radius 2 is 2.12 bits per heavy atom. The first-order valence-electron chi connectivity index (χ1n) is 5.55. The molecule has 1 aromatic rings. The van der Waals surface area contributed by atoms with Crippen molar-refractivity contribution in [3.63, 3.8) is 0 Å². The molecule has 0 bridgehead atoms. The van der Waals surface area contributed by atoms with Crippen molar-refractivity contribution in [3.8, 4) is 0 Å². The number of unbranched alkanes of at least 4 members (excludes halogenated alkanes) is 1. The van der Waals surface area contributed by atoms with Crippen molar-refractivity contribution in [2.45, 2.75) is 45.1 Å². The molecule has 1 rings (SSSR count). The summed E-state index contributed by atoms with van der Waals surface area (Å²) in [4.78, 5) is 0.283. The summed E-state index contributed by atoms with van der Waals surface area (Å²) in [6, 6.07) is 0. The predicted molar refractivity (Wildman–Crippen MR) is 62.7 cm³/mol. The lowest BCUT2D eigenvalue weighted by atomic mass is 10.3. The van der Waals surface area contributed by atoms with E-state index in [0.29, 0.717) is 18.8 Å². The van der Waals surface area contributed by atoms with Crippen LogP contribution in [-0.4, -0.2) is 24.7 Å². The molecule has 0 aliphatic heterocycles. The molecule has 0 spiro atoms. The van der Waals surface area contributed by atoms with E-state index in [9.17, 15) is 8.42 Å². The van der Waals surface area contributed by atoms with Gasteiger partial charge in [-0.3, -0.25) is 4.68 Å².